The maximum Gasteiger partial charge on any atom is 0.306 e. The summed E-state index contributed by atoms with van der Waals surface area (Å²) in [6.07, 6.45) is 5.39. The van der Waals surface area contributed by atoms with Gasteiger partial charge in [-0.15, -0.1) is 0 Å². The van der Waals surface area contributed by atoms with Crippen LogP contribution in [0.2, 0.25) is 0 Å². The van der Waals surface area contributed by atoms with Crippen molar-refractivity contribution >= 4 is 5.97 Å². The lowest BCUT2D eigenvalue weighted by atomic mass is 10.0. The van der Waals surface area contributed by atoms with Gasteiger partial charge in [-0.05, 0) is 24.9 Å². The number of nitrogens with zero attached hydrogens (tertiary/aromatic N) is 2. The van der Waals surface area contributed by atoms with Crippen molar-refractivity contribution in [1.29, 1.82) is 0 Å². The zero-order valence-corrected chi connectivity index (χ0v) is 9.39. The van der Waals surface area contributed by atoms with Crippen LogP contribution in [0.25, 0.3) is 0 Å². The third-order valence-electron chi connectivity index (χ3n) is 3.03. The minimum atomic E-state index is -0.754. The van der Waals surface area contributed by atoms with Crippen LogP contribution in [-0.4, -0.2) is 33.9 Å². The number of carboxylic acids is 1. The normalized spacial score (nSPS) is 22.2. The van der Waals surface area contributed by atoms with Gasteiger partial charge in [-0.1, -0.05) is 6.92 Å². The van der Waals surface area contributed by atoms with E-state index in [9.17, 15) is 4.79 Å². The fourth-order valence-electron chi connectivity index (χ4n) is 1.99. The van der Waals surface area contributed by atoms with Gasteiger partial charge in [0.25, 0.3) is 0 Å². The van der Waals surface area contributed by atoms with E-state index >= 15 is 0 Å². The van der Waals surface area contributed by atoms with Gasteiger partial charge < -0.3 is 10.4 Å². The molecule has 0 bridgehead atoms. The number of aromatic nitrogens is 2. The highest BCUT2D eigenvalue weighted by Crippen LogP contribution is 2.16. The molecule has 1 aliphatic rings. The monoisotopic (exact) mass is 223 g/mol. The summed E-state index contributed by atoms with van der Waals surface area (Å²) < 4.78 is 1.95. The topological polar surface area (TPSA) is 67.2 Å². The molecule has 0 spiro atoms. The quantitative estimate of drug-likeness (QED) is 0.787. The number of hydrogen-bond acceptors (Lipinski definition) is 3. The molecule has 0 saturated carbocycles. The summed E-state index contributed by atoms with van der Waals surface area (Å²) in [6, 6.07) is 0.425. The largest absolute Gasteiger partial charge is 0.481 e. The average molecular weight is 223 g/mol. The van der Waals surface area contributed by atoms with Crippen molar-refractivity contribution in [3.63, 3.8) is 0 Å². The van der Waals surface area contributed by atoms with E-state index in [2.05, 4.69) is 10.4 Å². The van der Waals surface area contributed by atoms with E-state index in [4.69, 9.17) is 5.11 Å². The first-order valence-corrected chi connectivity index (χ1v) is 5.63. The first kappa shape index (κ1) is 11.1. The summed E-state index contributed by atoms with van der Waals surface area (Å²) in [7, 11) is 0. The summed E-state index contributed by atoms with van der Waals surface area (Å²) in [5.74, 6) is -1.10. The highest BCUT2D eigenvalue weighted by Gasteiger charge is 2.18. The Hall–Kier alpha value is -1.36. The lowest BCUT2D eigenvalue weighted by Gasteiger charge is -2.08. The molecule has 1 aromatic heterocycles. The summed E-state index contributed by atoms with van der Waals surface area (Å²) in [6.45, 7) is 3.71. The number of hydrogen-bond donors (Lipinski definition) is 2. The Balaban J connectivity index is 1.99. The molecule has 88 valence electrons. The highest BCUT2D eigenvalue weighted by molar-refractivity contribution is 5.69. The number of aliphatic carboxylic acids is 1. The molecular weight excluding hydrogens is 206 g/mol. The van der Waals surface area contributed by atoms with E-state index in [1.165, 1.54) is 0 Å². The highest BCUT2D eigenvalue weighted by atomic mass is 16.4. The van der Waals surface area contributed by atoms with Gasteiger partial charge in [0.2, 0.25) is 0 Å². The molecule has 2 heterocycles. The van der Waals surface area contributed by atoms with Gasteiger partial charge in [0.15, 0.2) is 0 Å². The lowest BCUT2D eigenvalue weighted by Crippen LogP contribution is -2.14. The Kier molecular flexibility index (Phi) is 3.24. The van der Waals surface area contributed by atoms with E-state index in [-0.39, 0.29) is 5.92 Å². The molecule has 1 fully saturated rings. The number of rotatable bonds is 4. The van der Waals surface area contributed by atoms with Gasteiger partial charge in [-0.3, -0.25) is 9.48 Å². The van der Waals surface area contributed by atoms with Gasteiger partial charge >= 0.3 is 5.97 Å². The molecular formula is C11H17N3O2. The molecule has 2 atom stereocenters. The number of carbonyl (C=O) groups is 1. The van der Waals surface area contributed by atoms with Crippen LogP contribution in [0.4, 0.5) is 0 Å². The van der Waals surface area contributed by atoms with Crippen LogP contribution in [0.3, 0.4) is 0 Å². The smallest absolute Gasteiger partial charge is 0.306 e. The molecule has 1 saturated heterocycles. The molecule has 5 heteroatoms. The second-order valence-electron chi connectivity index (χ2n) is 4.42. The summed E-state index contributed by atoms with van der Waals surface area (Å²) in [5.41, 5.74) is 1.00. The first-order chi connectivity index (χ1) is 7.66. The van der Waals surface area contributed by atoms with E-state index in [0.29, 0.717) is 12.5 Å². The molecule has 1 aliphatic heterocycles. The third-order valence-corrected chi connectivity index (χ3v) is 3.03. The molecule has 0 aromatic carbocycles. The Morgan fingerprint density at radius 3 is 3.25 bits per heavy atom. The molecule has 1 aromatic rings. The van der Waals surface area contributed by atoms with E-state index in [0.717, 1.165) is 25.1 Å². The van der Waals surface area contributed by atoms with Crippen molar-refractivity contribution in [2.45, 2.75) is 25.8 Å². The van der Waals surface area contributed by atoms with Crippen molar-refractivity contribution in [3.8, 4) is 0 Å². The summed E-state index contributed by atoms with van der Waals surface area (Å²) in [4.78, 5) is 10.7. The number of carboxylic acid groups (broad SMARTS) is 1. The predicted octanol–water partition coefficient (Wildman–Crippen LogP) is 0.681. The molecule has 2 rings (SSSR count). The molecule has 0 amide bonds. The fraction of sp³-hybridized carbons (Fsp3) is 0.636. The molecule has 0 aliphatic carbocycles. The van der Waals surface area contributed by atoms with Gasteiger partial charge in [0.1, 0.15) is 0 Å². The van der Waals surface area contributed by atoms with Crippen molar-refractivity contribution < 1.29 is 9.90 Å². The maximum absolute atomic E-state index is 10.7. The van der Waals surface area contributed by atoms with Crippen LogP contribution in [-0.2, 0) is 11.2 Å². The van der Waals surface area contributed by atoms with Gasteiger partial charge in [0, 0.05) is 12.7 Å². The Labute approximate surface area is 94.5 Å². The van der Waals surface area contributed by atoms with Crippen molar-refractivity contribution in [1.82, 2.24) is 15.1 Å². The minimum Gasteiger partial charge on any atom is -0.481 e. The lowest BCUT2D eigenvalue weighted by molar-refractivity contribution is -0.141. The van der Waals surface area contributed by atoms with Crippen LogP contribution in [0, 0.1) is 5.92 Å². The van der Waals surface area contributed by atoms with Gasteiger partial charge in [-0.2, -0.15) is 5.10 Å². The van der Waals surface area contributed by atoms with E-state index in [1.54, 1.807) is 13.1 Å². The Bertz CT molecular complexity index is 369. The van der Waals surface area contributed by atoms with E-state index < -0.39 is 5.97 Å². The average Bonchev–Trinajstić information content (AvgIpc) is 2.85. The van der Waals surface area contributed by atoms with Crippen LogP contribution < -0.4 is 5.32 Å². The van der Waals surface area contributed by atoms with Crippen LogP contribution in [0.15, 0.2) is 12.4 Å². The van der Waals surface area contributed by atoms with Crippen LogP contribution in [0.1, 0.15) is 24.9 Å². The minimum absolute atomic E-state index is 0.348. The zero-order chi connectivity index (χ0) is 11.5. The second kappa shape index (κ2) is 4.65. The van der Waals surface area contributed by atoms with E-state index in [1.807, 2.05) is 10.9 Å². The standard InChI is InChI=1S/C11H17N3O2/c1-8(11(15)16)4-9-5-13-14(7-9)10-2-3-12-6-10/h5,7-8,10,12H,2-4,6H2,1H3,(H,15,16). The molecule has 2 N–H and O–H groups in total. The van der Waals surface area contributed by atoms with Crippen molar-refractivity contribution in [2.75, 3.05) is 13.1 Å². The SMILES string of the molecule is CC(Cc1cnn(C2CCNC2)c1)C(=O)O. The molecule has 16 heavy (non-hydrogen) atoms. The summed E-state index contributed by atoms with van der Waals surface area (Å²) in [5, 5.41) is 16.4. The summed E-state index contributed by atoms with van der Waals surface area (Å²) >= 11 is 0. The fourth-order valence-corrected chi connectivity index (χ4v) is 1.99. The first-order valence-electron chi connectivity index (χ1n) is 5.63. The molecule has 2 unspecified atom stereocenters. The predicted molar refractivity (Wildman–Crippen MR) is 59.3 cm³/mol. The maximum atomic E-state index is 10.7. The molecule has 5 nitrogen and oxygen atoms in total. The van der Waals surface area contributed by atoms with Crippen molar-refractivity contribution in [3.05, 3.63) is 18.0 Å². The van der Waals surface area contributed by atoms with Gasteiger partial charge in [-0.25, -0.2) is 0 Å². The van der Waals surface area contributed by atoms with Crippen LogP contribution >= 0.6 is 0 Å². The van der Waals surface area contributed by atoms with Gasteiger partial charge in [0.05, 0.1) is 18.2 Å². The third kappa shape index (κ3) is 2.41. The number of nitrogens with one attached hydrogen (secondary N) is 1. The Morgan fingerprint density at radius 2 is 2.62 bits per heavy atom. The Morgan fingerprint density at radius 1 is 1.81 bits per heavy atom. The zero-order valence-electron chi connectivity index (χ0n) is 9.39. The van der Waals surface area contributed by atoms with Crippen molar-refractivity contribution in [2.24, 2.45) is 5.92 Å². The van der Waals surface area contributed by atoms with Crippen LogP contribution in [0.5, 0.6) is 0 Å². The second-order valence-corrected chi connectivity index (χ2v) is 4.42. The molecule has 0 radical (unpaired) electrons.